The average Bonchev–Trinajstić information content (AvgIpc) is 4.14. The monoisotopic (exact) mass is 925 g/mol. The molecule has 4 aromatic rings. The zero-order valence-corrected chi connectivity index (χ0v) is 39.3. The predicted octanol–water partition coefficient (Wildman–Crippen LogP) is 8.90. The molecule has 4 aliphatic rings. The highest BCUT2D eigenvalue weighted by Gasteiger charge is 2.32. The van der Waals surface area contributed by atoms with Gasteiger partial charge in [0.2, 0.25) is 0 Å². The fourth-order valence-electron chi connectivity index (χ4n) is 9.27. The topological polar surface area (TPSA) is 131 Å². The van der Waals surface area contributed by atoms with Crippen LogP contribution in [0.2, 0.25) is 5.02 Å². The third-order valence-electron chi connectivity index (χ3n) is 13.2. The SMILES string of the molecule is CC1(C)CCC(c2ccc(Cl)cc2)=C(CN2CCN(c3ccc(C(=O)NS(=O)(=O)c4ccc(N[C@H](CCN5CCN(C6CC6)CC5)CSc5ccccc5)c([N+](=O)[O-])c4)cc3)CC2)C1. The van der Waals surface area contributed by atoms with E-state index in [1.807, 2.05) is 54.6 Å². The summed E-state index contributed by atoms with van der Waals surface area (Å²) in [6.07, 6.45) is 6.64. The van der Waals surface area contributed by atoms with Crippen LogP contribution in [0.1, 0.15) is 68.3 Å². The lowest BCUT2D eigenvalue weighted by molar-refractivity contribution is -0.384. The summed E-state index contributed by atoms with van der Waals surface area (Å²) in [5, 5.41) is 16.6. The fourth-order valence-corrected chi connectivity index (χ4v) is 11.4. The first-order valence-corrected chi connectivity index (χ1v) is 25.4. The summed E-state index contributed by atoms with van der Waals surface area (Å²) < 4.78 is 29.3. The van der Waals surface area contributed by atoms with Crippen molar-refractivity contribution in [3.05, 3.63) is 129 Å². The number of piperazine rings is 2. The van der Waals surface area contributed by atoms with Crippen molar-refractivity contribution in [3.8, 4) is 0 Å². The molecule has 0 spiro atoms. The molecule has 1 amide bonds. The summed E-state index contributed by atoms with van der Waals surface area (Å²) in [6.45, 7) is 14.0. The van der Waals surface area contributed by atoms with Crippen LogP contribution in [0.25, 0.3) is 5.57 Å². The maximum Gasteiger partial charge on any atom is 0.293 e. The third-order valence-corrected chi connectivity index (χ3v) is 15.9. The van der Waals surface area contributed by atoms with Crippen LogP contribution in [-0.4, -0.2) is 117 Å². The first-order valence-electron chi connectivity index (χ1n) is 22.6. The number of allylic oxidation sites excluding steroid dienone is 1. The number of nitro groups is 1. The third kappa shape index (κ3) is 12.1. The number of halogens is 1. The van der Waals surface area contributed by atoms with Gasteiger partial charge in [0, 0.05) is 111 Å². The number of carbonyl (C=O) groups excluding carboxylic acids is 1. The number of anilines is 2. The summed E-state index contributed by atoms with van der Waals surface area (Å²) in [4.78, 5) is 35.8. The molecule has 2 saturated heterocycles. The van der Waals surface area contributed by atoms with E-state index in [9.17, 15) is 23.3 Å². The maximum absolute atomic E-state index is 13.6. The van der Waals surface area contributed by atoms with Gasteiger partial charge in [-0.1, -0.05) is 61.4 Å². The van der Waals surface area contributed by atoms with E-state index in [0.717, 1.165) is 119 Å². The van der Waals surface area contributed by atoms with Crippen molar-refractivity contribution < 1.29 is 18.1 Å². The van der Waals surface area contributed by atoms with Crippen molar-refractivity contribution in [2.24, 2.45) is 5.41 Å². The van der Waals surface area contributed by atoms with Gasteiger partial charge in [-0.25, -0.2) is 13.1 Å². The van der Waals surface area contributed by atoms with E-state index >= 15 is 0 Å². The van der Waals surface area contributed by atoms with Gasteiger partial charge in [0.25, 0.3) is 21.6 Å². The molecule has 8 rings (SSSR count). The summed E-state index contributed by atoms with van der Waals surface area (Å²) in [5.41, 5.74) is 5.46. The normalized spacial score (nSPS) is 19.3. The van der Waals surface area contributed by atoms with E-state index in [1.165, 1.54) is 41.7 Å². The second kappa shape index (κ2) is 20.4. The lowest BCUT2D eigenvalue weighted by Gasteiger charge is -2.39. The lowest BCUT2D eigenvalue weighted by Crippen LogP contribution is -2.48. The van der Waals surface area contributed by atoms with E-state index < -0.39 is 20.9 Å². The van der Waals surface area contributed by atoms with Crippen molar-refractivity contribution in [2.45, 2.75) is 74.2 Å². The van der Waals surface area contributed by atoms with Crippen molar-refractivity contribution in [3.63, 3.8) is 0 Å². The number of thioether (sulfide) groups is 1. The Balaban J connectivity index is 0.873. The Morgan fingerprint density at radius 3 is 2.25 bits per heavy atom. The van der Waals surface area contributed by atoms with Gasteiger partial charge in [-0.15, -0.1) is 11.8 Å². The van der Waals surface area contributed by atoms with Gasteiger partial charge in [0.15, 0.2) is 0 Å². The van der Waals surface area contributed by atoms with Crippen LogP contribution in [0.15, 0.2) is 112 Å². The van der Waals surface area contributed by atoms with Crippen LogP contribution in [0, 0.1) is 15.5 Å². The van der Waals surface area contributed by atoms with E-state index in [4.69, 9.17) is 11.6 Å². The highest BCUT2D eigenvalue weighted by molar-refractivity contribution is 7.99. The molecule has 2 aliphatic carbocycles. The molecule has 4 aromatic carbocycles. The Morgan fingerprint density at radius 2 is 1.58 bits per heavy atom. The number of sulfonamides is 1. The van der Waals surface area contributed by atoms with Crippen molar-refractivity contribution in [2.75, 3.05) is 81.4 Å². The summed E-state index contributed by atoms with van der Waals surface area (Å²) >= 11 is 7.88. The zero-order chi connectivity index (χ0) is 44.8. The average molecular weight is 927 g/mol. The minimum atomic E-state index is -4.44. The minimum absolute atomic E-state index is 0.125. The van der Waals surface area contributed by atoms with Gasteiger partial charge in [-0.2, -0.15) is 0 Å². The Hall–Kier alpha value is -4.44. The molecule has 64 heavy (non-hydrogen) atoms. The van der Waals surface area contributed by atoms with Gasteiger partial charge >= 0.3 is 0 Å². The van der Waals surface area contributed by atoms with Crippen LogP contribution in [0.5, 0.6) is 0 Å². The Bertz CT molecular complexity index is 2400. The predicted molar refractivity (Wildman–Crippen MR) is 259 cm³/mol. The molecule has 340 valence electrons. The molecule has 3 fully saturated rings. The second-order valence-electron chi connectivity index (χ2n) is 18.5. The summed E-state index contributed by atoms with van der Waals surface area (Å²) in [5.74, 6) is -0.143. The summed E-state index contributed by atoms with van der Waals surface area (Å²) in [7, 11) is -4.44. The number of nitro benzene ring substituents is 1. The molecule has 2 heterocycles. The molecule has 1 atom stereocenters. The van der Waals surface area contributed by atoms with Gasteiger partial charge < -0.3 is 15.1 Å². The number of hydrogen-bond acceptors (Lipinski definition) is 11. The molecule has 12 nitrogen and oxygen atoms in total. The second-order valence-corrected chi connectivity index (χ2v) is 21.7. The van der Waals surface area contributed by atoms with E-state index in [1.54, 1.807) is 23.9 Å². The number of amides is 1. The smallest absolute Gasteiger partial charge is 0.293 e. The van der Waals surface area contributed by atoms with Crippen molar-refractivity contribution >= 4 is 61.9 Å². The maximum atomic E-state index is 13.6. The van der Waals surface area contributed by atoms with Crippen LogP contribution >= 0.6 is 23.4 Å². The molecule has 0 aromatic heterocycles. The number of rotatable bonds is 17. The van der Waals surface area contributed by atoms with Crippen LogP contribution in [0.4, 0.5) is 17.1 Å². The quantitative estimate of drug-likeness (QED) is 0.0598. The van der Waals surface area contributed by atoms with Crippen LogP contribution in [-0.2, 0) is 10.0 Å². The molecule has 0 bridgehead atoms. The summed E-state index contributed by atoms with van der Waals surface area (Å²) in [6, 6.07) is 29.6. The number of nitrogens with zero attached hydrogens (tertiary/aromatic N) is 5. The van der Waals surface area contributed by atoms with E-state index in [2.05, 4.69) is 55.6 Å². The molecule has 2 N–H and O–H groups in total. The highest BCUT2D eigenvalue weighted by atomic mass is 35.5. The Kier molecular flexibility index (Phi) is 14.7. The van der Waals surface area contributed by atoms with Gasteiger partial charge in [-0.05, 0) is 116 Å². The van der Waals surface area contributed by atoms with Crippen molar-refractivity contribution in [1.82, 2.24) is 19.4 Å². The largest absolute Gasteiger partial charge is 0.376 e. The molecule has 1 saturated carbocycles. The first-order chi connectivity index (χ1) is 30.8. The van der Waals surface area contributed by atoms with Crippen LogP contribution in [0.3, 0.4) is 0 Å². The Morgan fingerprint density at radius 1 is 0.891 bits per heavy atom. The number of carbonyl (C=O) groups is 1. The highest BCUT2D eigenvalue weighted by Crippen LogP contribution is 2.43. The molecule has 15 heteroatoms. The Labute approximate surface area is 387 Å². The van der Waals surface area contributed by atoms with Gasteiger partial charge in [-0.3, -0.25) is 24.7 Å². The van der Waals surface area contributed by atoms with Gasteiger partial charge in [0.1, 0.15) is 5.69 Å². The zero-order valence-electron chi connectivity index (χ0n) is 36.9. The lowest BCUT2D eigenvalue weighted by atomic mass is 9.73. The molecule has 0 radical (unpaired) electrons. The number of benzene rings is 4. The fraction of sp³-hybridized carbons (Fsp3) is 0.449. The molecular formula is C49H60ClN7O5S2. The molecular weight excluding hydrogens is 866 g/mol. The number of hydrogen-bond donors (Lipinski definition) is 2. The van der Waals surface area contributed by atoms with E-state index in [0.29, 0.717) is 5.75 Å². The minimum Gasteiger partial charge on any atom is -0.376 e. The van der Waals surface area contributed by atoms with Crippen molar-refractivity contribution in [1.29, 1.82) is 0 Å². The van der Waals surface area contributed by atoms with E-state index in [-0.39, 0.29) is 33.3 Å². The van der Waals surface area contributed by atoms with Crippen LogP contribution < -0.4 is 14.9 Å². The molecule has 2 aliphatic heterocycles. The molecule has 0 unspecified atom stereocenters. The van der Waals surface area contributed by atoms with Gasteiger partial charge in [0.05, 0.1) is 9.82 Å². The number of nitrogens with one attached hydrogen (secondary N) is 2. The first kappa shape index (κ1) is 46.1. The standard InChI is InChI=1S/C49H60ClN7O5S2/c1-49(2)22-20-45(36-8-12-39(50)13-9-36)38(33-49)34-54-26-30-56(31-27-54)41-14-10-37(11-15-41)48(58)52-64(61,62)44-18-19-46(47(32-44)57(59)60)51-40(35-63-43-6-4-3-5-7-43)21-23-53-24-28-55(29-25-53)42-16-17-42/h3-15,18-19,32,40,42,51H,16-17,20-31,33-35H2,1-2H3,(H,52,58)/t40-/m1/s1.